The molecule has 3 N–H and O–H groups in total. The van der Waals surface area contributed by atoms with Crippen LogP contribution in [0.3, 0.4) is 0 Å². The third kappa shape index (κ3) is 6.85. The fourth-order valence-corrected chi connectivity index (χ4v) is 3.56. The molecule has 12 heteroatoms. The van der Waals surface area contributed by atoms with Crippen LogP contribution in [0, 0.1) is 0 Å². The van der Waals surface area contributed by atoms with Crippen molar-refractivity contribution in [1.29, 1.82) is 0 Å². The summed E-state index contributed by atoms with van der Waals surface area (Å²) in [6.45, 7) is 1.47. The number of hydrogen-bond donors (Lipinski definition) is 3. The Morgan fingerprint density at radius 3 is 2.73 bits per heavy atom. The van der Waals surface area contributed by atoms with E-state index in [0.717, 1.165) is 15.8 Å². The number of aromatic nitrogens is 2. The Labute approximate surface area is 189 Å². The van der Waals surface area contributed by atoms with Gasteiger partial charge in [0.2, 0.25) is 11.8 Å². The number of alkyl carbamates (subject to hydrolysis) is 1. The van der Waals surface area contributed by atoms with Gasteiger partial charge in [-0.15, -0.1) is 0 Å². The van der Waals surface area contributed by atoms with Gasteiger partial charge in [-0.05, 0) is 32.9 Å². The predicted molar refractivity (Wildman–Crippen MR) is 113 cm³/mol. The summed E-state index contributed by atoms with van der Waals surface area (Å²) in [4.78, 5) is 45.6. The Kier molecular flexibility index (Phi) is 7.46. The number of ether oxygens (including phenoxy) is 2. The van der Waals surface area contributed by atoms with Crippen molar-refractivity contribution < 1.29 is 32.6 Å². The highest BCUT2D eigenvalue weighted by atomic mass is 19.3. The SMILES string of the molecule is CC(C)(C)OC(=O)NCC(=O)N1C[C@H](OC(F)F)C[C@H]1C(=O)NCc1cc2cnccc2[nH]1. The van der Waals surface area contributed by atoms with E-state index in [9.17, 15) is 23.2 Å². The molecule has 0 saturated carbocycles. The number of H-pyrrole nitrogens is 1. The van der Waals surface area contributed by atoms with E-state index < -0.39 is 48.8 Å². The van der Waals surface area contributed by atoms with Crippen LogP contribution in [0.5, 0.6) is 0 Å². The molecule has 33 heavy (non-hydrogen) atoms. The summed E-state index contributed by atoms with van der Waals surface area (Å²) in [7, 11) is 0. The van der Waals surface area contributed by atoms with Crippen molar-refractivity contribution >= 4 is 28.8 Å². The minimum atomic E-state index is -3.03. The van der Waals surface area contributed by atoms with Crippen LogP contribution >= 0.6 is 0 Å². The summed E-state index contributed by atoms with van der Waals surface area (Å²) in [5, 5.41) is 5.91. The smallest absolute Gasteiger partial charge is 0.408 e. The van der Waals surface area contributed by atoms with E-state index in [2.05, 4.69) is 25.3 Å². The molecule has 10 nitrogen and oxygen atoms in total. The van der Waals surface area contributed by atoms with Gasteiger partial charge >= 0.3 is 12.7 Å². The first-order chi connectivity index (χ1) is 15.5. The van der Waals surface area contributed by atoms with Gasteiger partial charge < -0.3 is 30.0 Å². The topological polar surface area (TPSA) is 126 Å². The summed E-state index contributed by atoms with van der Waals surface area (Å²) in [5.41, 5.74) is 0.817. The Bertz CT molecular complexity index is 973. The molecule has 3 heterocycles. The third-order valence-corrected chi connectivity index (χ3v) is 4.89. The van der Waals surface area contributed by atoms with Crippen molar-refractivity contribution in [2.45, 2.75) is 58.1 Å². The molecule has 3 amide bonds. The van der Waals surface area contributed by atoms with Gasteiger partial charge in [-0.25, -0.2) is 4.79 Å². The summed E-state index contributed by atoms with van der Waals surface area (Å²) in [5.74, 6) is -1.13. The van der Waals surface area contributed by atoms with E-state index in [-0.39, 0.29) is 19.5 Å². The van der Waals surface area contributed by atoms with E-state index in [1.807, 2.05) is 6.07 Å². The van der Waals surface area contributed by atoms with Gasteiger partial charge in [-0.3, -0.25) is 14.6 Å². The quantitative estimate of drug-likeness (QED) is 0.571. The monoisotopic (exact) mass is 467 g/mol. The lowest BCUT2D eigenvalue weighted by molar-refractivity contribution is -0.160. The molecule has 0 aromatic carbocycles. The highest BCUT2D eigenvalue weighted by molar-refractivity contribution is 5.90. The van der Waals surface area contributed by atoms with E-state index in [0.29, 0.717) is 5.69 Å². The zero-order valence-electron chi connectivity index (χ0n) is 18.6. The van der Waals surface area contributed by atoms with Gasteiger partial charge in [-0.1, -0.05) is 0 Å². The van der Waals surface area contributed by atoms with Crippen LogP contribution in [0.2, 0.25) is 0 Å². The number of amides is 3. The zero-order chi connectivity index (χ0) is 24.2. The van der Waals surface area contributed by atoms with Crippen molar-refractivity contribution in [3.05, 3.63) is 30.2 Å². The first-order valence-electron chi connectivity index (χ1n) is 10.4. The van der Waals surface area contributed by atoms with Crippen LogP contribution in [0.1, 0.15) is 32.9 Å². The number of pyridine rings is 1. The van der Waals surface area contributed by atoms with Gasteiger partial charge in [0.25, 0.3) is 0 Å². The van der Waals surface area contributed by atoms with Gasteiger partial charge in [0.15, 0.2) is 0 Å². The van der Waals surface area contributed by atoms with Crippen molar-refractivity contribution in [3.63, 3.8) is 0 Å². The van der Waals surface area contributed by atoms with Gasteiger partial charge in [0.1, 0.15) is 18.2 Å². The molecule has 1 aliphatic heterocycles. The zero-order valence-corrected chi connectivity index (χ0v) is 18.6. The van der Waals surface area contributed by atoms with Crippen LogP contribution in [-0.2, 0) is 25.6 Å². The van der Waals surface area contributed by atoms with Gasteiger partial charge in [0.05, 0.1) is 12.6 Å². The molecular formula is C21H27F2N5O5. The number of halogens is 2. The lowest BCUT2D eigenvalue weighted by atomic mass is 10.2. The minimum absolute atomic E-state index is 0.0923. The number of nitrogens with one attached hydrogen (secondary N) is 3. The van der Waals surface area contributed by atoms with E-state index >= 15 is 0 Å². The molecular weight excluding hydrogens is 440 g/mol. The fraction of sp³-hybridized carbons (Fsp3) is 0.524. The van der Waals surface area contributed by atoms with Crippen molar-refractivity contribution in [2.75, 3.05) is 13.1 Å². The molecule has 0 aliphatic carbocycles. The maximum Gasteiger partial charge on any atom is 0.408 e. The fourth-order valence-electron chi connectivity index (χ4n) is 3.56. The third-order valence-electron chi connectivity index (χ3n) is 4.89. The molecule has 0 unspecified atom stereocenters. The van der Waals surface area contributed by atoms with Crippen LogP contribution < -0.4 is 10.6 Å². The van der Waals surface area contributed by atoms with Gasteiger partial charge in [0, 0.05) is 42.0 Å². The number of fused-ring (bicyclic) bond motifs is 1. The summed E-state index contributed by atoms with van der Waals surface area (Å²) >= 11 is 0. The van der Waals surface area contributed by atoms with E-state index in [4.69, 9.17) is 4.74 Å². The average Bonchev–Trinajstić information content (AvgIpc) is 3.32. The molecule has 0 radical (unpaired) electrons. The first kappa shape index (κ1) is 24.4. The molecule has 1 fully saturated rings. The second-order valence-corrected chi connectivity index (χ2v) is 8.65. The molecule has 2 aromatic rings. The average molecular weight is 467 g/mol. The number of carbonyl (C=O) groups is 3. The molecule has 2 atom stereocenters. The maximum atomic E-state index is 12.8. The van der Waals surface area contributed by atoms with Gasteiger partial charge in [-0.2, -0.15) is 8.78 Å². The second kappa shape index (κ2) is 10.1. The minimum Gasteiger partial charge on any atom is -0.444 e. The number of rotatable bonds is 7. The summed E-state index contributed by atoms with van der Waals surface area (Å²) in [6.07, 6.45) is 1.41. The Morgan fingerprint density at radius 1 is 1.30 bits per heavy atom. The number of alkyl halides is 2. The molecule has 1 aliphatic rings. The number of nitrogens with zero attached hydrogens (tertiary/aromatic N) is 2. The highest BCUT2D eigenvalue weighted by Crippen LogP contribution is 2.23. The number of hydrogen-bond acceptors (Lipinski definition) is 6. The van der Waals surface area contributed by atoms with Crippen LogP contribution in [0.15, 0.2) is 24.5 Å². The highest BCUT2D eigenvalue weighted by Gasteiger charge is 2.41. The van der Waals surface area contributed by atoms with Crippen LogP contribution in [-0.4, -0.2) is 70.2 Å². The lowest BCUT2D eigenvalue weighted by Crippen LogP contribution is -2.49. The lowest BCUT2D eigenvalue weighted by Gasteiger charge is -2.24. The molecule has 0 bridgehead atoms. The normalized spacial score (nSPS) is 18.5. The van der Waals surface area contributed by atoms with Crippen molar-refractivity contribution in [2.24, 2.45) is 0 Å². The largest absolute Gasteiger partial charge is 0.444 e. The number of likely N-dealkylation sites (tertiary alicyclic amines) is 1. The van der Waals surface area contributed by atoms with E-state index in [1.54, 1.807) is 39.2 Å². The Hall–Kier alpha value is -3.28. The number of aromatic amines is 1. The molecule has 2 aromatic heterocycles. The summed E-state index contributed by atoms with van der Waals surface area (Å²) < 4.78 is 35.0. The van der Waals surface area contributed by atoms with Crippen LogP contribution in [0.25, 0.3) is 10.9 Å². The first-order valence-corrected chi connectivity index (χ1v) is 10.4. The maximum absolute atomic E-state index is 12.8. The Morgan fingerprint density at radius 2 is 2.06 bits per heavy atom. The summed E-state index contributed by atoms with van der Waals surface area (Å²) in [6, 6.07) is 2.60. The Balaban J connectivity index is 1.62. The second-order valence-electron chi connectivity index (χ2n) is 8.65. The molecule has 0 spiro atoms. The molecule has 1 saturated heterocycles. The van der Waals surface area contributed by atoms with E-state index in [1.165, 1.54) is 0 Å². The molecule has 3 rings (SSSR count). The van der Waals surface area contributed by atoms with Crippen molar-refractivity contribution in [3.8, 4) is 0 Å². The number of carbonyl (C=O) groups excluding carboxylic acids is 3. The van der Waals surface area contributed by atoms with Crippen molar-refractivity contribution in [1.82, 2.24) is 25.5 Å². The molecule has 180 valence electrons. The standard InChI is InChI=1S/C21H27F2N5O5/c1-21(2,3)33-20(31)26-10-17(29)28-11-14(32-19(22)23)7-16(28)18(30)25-9-13-6-12-8-24-5-4-15(12)27-13/h4-6,8,14,16,19,27H,7,9-11H2,1-3H3,(H,25,30)(H,26,31)/t14-,16+/m1/s1. The van der Waals surface area contributed by atoms with Crippen LogP contribution in [0.4, 0.5) is 13.6 Å². The predicted octanol–water partition coefficient (Wildman–Crippen LogP) is 1.91.